The van der Waals surface area contributed by atoms with Crippen molar-refractivity contribution in [3.05, 3.63) is 70.1 Å². The number of nitrogens with one attached hydrogen (secondary N) is 1. The molecule has 1 aliphatic carbocycles. The highest BCUT2D eigenvalue weighted by Gasteiger charge is 2.13. The van der Waals surface area contributed by atoms with Crippen LogP contribution in [0.2, 0.25) is 5.02 Å². The predicted octanol–water partition coefficient (Wildman–Crippen LogP) is 3.80. The van der Waals surface area contributed by atoms with Crippen molar-refractivity contribution in [3.8, 4) is 0 Å². The Morgan fingerprint density at radius 3 is 2.83 bits per heavy atom. The van der Waals surface area contributed by atoms with Crippen molar-refractivity contribution in [2.75, 3.05) is 0 Å². The molecule has 0 spiro atoms. The zero-order valence-electron chi connectivity index (χ0n) is 13.3. The van der Waals surface area contributed by atoms with Gasteiger partial charge in [-0.05, 0) is 61.1 Å². The van der Waals surface area contributed by atoms with Crippen LogP contribution in [0.5, 0.6) is 0 Å². The van der Waals surface area contributed by atoms with Gasteiger partial charge >= 0.3 is 0 Å². The Hall–Kier alpha value is -2.33. The first kappa shape index (κ1) is 15.2. The van der Waals surface area contributed by atoms with E-state index in [0.29, 0.717) is 11.6 Å². The van der Waals surface area contributed by atoms with E-state index >= 15 is 0 Å². The van der Waals surface area contributed by atoms with E-state index in [2.05, 4.69) is 16.4 Å². The number of halogens is 1. The fraction of sp³-hybridized carbons (Fsp3) is 0.263. The minimum atomic E-state index is -0.0570. The number of pyridine rings is 1. The third-order valence-corrected chi connectivity index (χ3v) is 4.73. The summed E-state index contributed by atoms with van der Waals surface area (Å²) >= 11 is 5.98. The third-order valence-electron chi connectivity index (χ3n) is 4.51. The van der Waals surface area contributed by atoms with Crippen molar-refractivity contribution in [2.24, 2.45) is 0 Å². The standard InChI is InChI=1S/C19H18ClN3O/c20-16-7-8-18-22-17(12-23(18)11-16)10-21-19(24)15-6-5-13-3-1-2-4-14(13)9-15/h5-9,11-12H,1-4,10H2,(H,21,24). The van der Waals surface area contributed by atoms with Crippen molar-refractivity contribution in [2.45, 2.75) is 32.2 Å². The van der Waals surface area contributed by atoms with Gasteiger partial charge in [0.05, 0.1) is 17.3 Å². The van der Waals surface area contributed by atoms with Gasteiger partial charge < -0.3 is 9.72 Å². The normalized spacial score (nSPS) is 13.7. The smallest absolute Gasteiger partial charge is 0.251 e. The van der Waals surface area contributed by atoms with Crippen molar-refractivity contribution < 1.29 is 4.79 Å². The quantitative estimate of drug-likeness (QED) is 0.789. The second kappa shape index (κ2) is 6.29. The molecule has 0 radical (unpaired) electrons. The highest BCUT2D eigenvalue weighted by Crippen LogP contribution is 2.22. The van der Waals surface area contributed by atoms with Crippen LogP contribution in [0.25, 0.3) is 5.65 Å². The topological polar surface area (TPSA) is 46.4 Å². The molecule has 24 heavy (non-hydrogen) atoms. The van der Waals surface area contributed by atoms with E-state index in [1.54, 1.807) is 12.3 Å². The van der Waals surface area contributed by atoms with Crippen LogP contribution in [0.4, 0.5) is 0 Å². The van der Waals surface area contributed by atoms with Gasteiger partial charge in [-0.25, -0.2) is 4.98 Å². The molecule has 3 aromatic rings. The third kappa shape index (κ3) is 3.02. The van der Waals surface area contributed by atoms with Gasteiger partial charge in [-0.15, -0.1) is 0 Å². The second-order valence-corrected chi connectivity index (χ2v) is 6.65. The molecule has 0 saturated heterocycles. The number of rotatable bonds is 3. The van der Waals surface area contributed by atoms with E-state index in [1.165, 1.54) is 24.0 Å². The number of hydrogen-bond donors (Lipinski definition) is 1. The predicted molar refractivity (Wildman–Crippen MR) is 94.5 cm³/mol. The first-order valence-corrected chi connectivity index (χ1v) is 8.60. The van der Waals surface area contributed by atoms with Crippen LogP contribution in [0.3, 0.4) is 0 Å². The first-order valence-electron chi connectivity index (χ1n) is 8.22. The maximum atomic E-state index is 12.4. The monoisotopic (exact) mass is 339 g/mol. The van der Waals surface area contributed by atoms with Gasteiger partial charge in [-0.3, -0.25) is 4.79 Å². The molecule has 1 aliphatic rings. The van der Waals surface area contributed by atoms with Crippen molar-refractivity contribution in [3.63, 3.8) is 0 Å². The molecule has 1 aromatic carbocycles. The molecule has 2 heterocycles. The van der Waals surface area contributed by atoms with Crippen molar-refractivity contribution in [1.82, 2.24) is 14.7 Å². The molecule has 0 atom stereocenters. The van der Waals surface area contributed by atoms with E-state index in [-0.39, 0.29) is 5.91 Å². The van der Waals surface area contributed by atoms with Crippen LogP contribution in [0, 0.1) is 0 Å². The lowest BCUT2D eigenvalue weighted by Crippen LogP contribution is -2.23. The zero-order chi connectivity index (χ0) is 16.5. The number of carbonyl (C=O) groups excluding carboxylic acids is 1. The van der Waals surface area contributed by atoms with E-state index in [1.807, 2.05) is 28.8 Å². The van der Waals surface area contributed by atoms with Gasteiger partial charge in [0.1, 0.15) is 5.65 Å². The number of fused-ring (bicyclic) bond motifs is 2. The lowest BCUT2D eigenvalue weighted by atomic mass is 9.90. The molecule has 5 heteroatoms. The van der Waals surface area contributed by atoms with Gasteiger partial charge in [0.2, 0.25) is 0 Å². The van der Waals surface area contributed by atoms with Gasteiger partial charge in [0.25, 0.3) is 5.91 Å². The number of hydrogen-bond acceptors (Lipinski definition) is 2. The van der Waals surface area contributed by atoms with E-state index in [4.69, 9.17) is 11.6 Å². The van der Waals surface area contributed by atoms with Crippen molar-refractivity contribution >= 4 is 23.2 Å². The van der Waals surface area contributed by atoms with Crippen LogP contribution >= 0.6 is 11.6 Å². The summed E-state index contributed by atoms with van der Waals surface area (Å²) in [6, 6.07) is 9.71. The Labute approximate surface area is 145 Å². The van der Waals surface area contributed by atoms with Gasteiger partial charge in [-0.2, -0.15) is 0 Å². The second-order valence-electron chi connectivity index (χ2n) is 6.22. The van der Waals surface area contributed by atoms with Crippen molar-refractivity contribution in [1.29, 1.82) is 0 Å². The fourth-order valence-corrected chi connectivity index (χ4v) is 3.42. The molecular formula is C19H18ClN3O. The number of aromatic nitrogens is 2. The largest absolute Gasteiger partial charge is 0.346 e. The molecule has 0 fully saturated rings. The first-order chi connectivity index (χ1) is 11.7. The summed E-state index contributed by atoms with van der Waals surface area (Å²) in [4.78, 5) is 16.9. The van der Waals surface area contributed by atoms with Gasteiger partial charge in [0.15, 0.2) is 0 Å². The summed E-state index contributed by atoms with van der Waals surface area (Å²) in [5.74, 6) is -0.0570. The Morgan fingerprint density at radius 2 is 1.96 bits per heavy atom. The highest BCUT2D eigenvalue weighted by atomic mass is 35.5. The highest BCUT2D eigenvalue weighted by molar-refractivity contribution is 6.30. The van der Waals surface area contributed by atoms with Crippen LogP contribution in [-0.2, 0) is 19.4 Å². The average molecular weight is 340 g/mol. The SMILES string of the molecule is O=C(NCc1cn2cc(Cl)ccc2n1)c1ccc2c(c1)CCCC2. The molecular weight excluding hydrogens is 322 g/mol. The number of aryl methyl sites for hydroxylation is 2. The fourth-order valence-electron chi connectivity index (χ4n) is 3.25. The molecule has 122 valence electrons. The Kier molecular flexibility index (Phi) is 3.98. The molecule has 0 bridgehead atoms. The summed E-state index contributed by atoms with van der Waals surface area (Å²) in [6.07, 6.45) is 8.34. The zero-order valence-corrected chi connectivity index (χ0v) is 14.0. The van der Waals surface area contributed by atoms with Crippen LogP contribution in [-0.4, -0.2) is 15.3 Å². The van der Waals surface area contributed by atoms with E-state index < -0.39 is 0 Å². The number of benzene rings is 1. The molecule has 4 nitrogen and oxygen atoms in total. The molecule has 1 N–H and O–H groups in total. The number of amides is 1. The molecule has 0 unspecified atom stereocenters. The Bertz CT molecular complexity index is 916. The van der Waals surface area contributed by atoms with Crippen LogP contribution in [0.15, 0.2) is 42.7 Å². The maximum absolute atomic E-state index is 12.4. The lowest BCUT2D eigenvalue weighted by molar-refractivity contribution is 0.0950. The summed E-state index contributed by atoms with van der Waals surface area (Å²) in [5.41, 5.74) is 5.05. The average Bonchev–Trinajstić information content (AvgIpc) is 3.01. The minimum Gasteiger partial charge on any atom is -0.346 e. The summed E-state index contributed by atoms with van der Waals surface area (Å²) < 4.78 is 1.86. The number of nitrogens with zero attached hydrogens (tertiary/aromatic N) is 2. The molecule has 0 saturated carbocycles. The van der Waals surface area contributed by atoms with Crippen LogP contribution < -0.4 is 5.32 Å². The summed E-state index contributed by atoms with van der Waals surface area (Å²) in [7, 11) is 0. The van der Waals surface area contributed by atoms with Gasteiger partial charge in [-0.1, -0.05) is 17.7 Å². The molecule has 1 amide bonds. The molecule has 2 aromatic heterocycles. The number of imidazole rings is 1. The minimum absolute atomic E-state index is 0.0570. The Morgan fingerprint density at radius 1 is 1.12 bits per heavy atom. The Balaban J connectivity index is 1.47. The lowest BCUT2D eigenvalue weighted by Gasteiger charge is -2.16. The summed E-state index contributed by atoms with van der Waals surface area (Å²) in [5, 5.41) is 3.61. The molecule has 0 aliphatic heterocycles. The number of carbonyl (C=O) groups is 1. The van der Waals surface area contributed by atoms with Gasteiger partial charge in [0, 0.05) is 18.0 Å². The molecule has 4 rings (SSSR count). The van der Waals surface area contributed by atoms with E-state index in [0.717, 1.165) is 29.7 Å². The van der Waals surface area contributed by atoms with Crippen LogP contribution in [0.1, 0.15) is 40.0 Å². The maximum Gasteiger partial charge on any atom is 0.251 e. The summed E-state index contributed by atoms with van der Waals surface area (Å²) in [6.45, 7) is 0.398. The van der Waals surface area contributed by atoms with E-state index in [9.17, 15) is 4.79 Å².